The Morgan fingerprint density at radius 3 is 2.29 bits per heavy atom. The van der Waals surface area contributed by atoms with E-state index in [4.69, 9.17) is 23.7 Å². The lowest BCUT2D eigenvalue weighted by molar-refractivity contribution is -0.157. The maximum atomic E-state index is 13.4. The fourth-order valence-electron chi connectivity index (χ4n) is 8.01. The molecule has 2 rings (SSSR count). The van der Waals surface area contributed by atoms with Crippen LogP contribution in [0.15, 0.2) is 48.2 Å². The number of methoxy groups -OCH3 is 3. The molecule has 0 saturated heterocycles. The third kappa shape index (κ3) is 15.6. The number of allylic oxidation sites excluding steroid dienone is 2. The van der Waals surface area contributed by atoms with Crippen molar-refractivity contribution in [3.05, 3.63) is 48.2 Å². The molecule has 0 aromatic carbocycles. The van der Waals surface area contributed by atoms with Crippen LogP contribution in [-0.4, -0.2) is 122 Å². The van der Waals surface area contributed by atoms with Crippen LogP contribution in [0, 0.1) is 35.5 Å². The van der Waals surface area contributed by atoms with Gasteiger partial charge in [-0.3, -0.25) is 9.59 Å². The van der Waals surface area contributed by atoms with Gasteiger partial charge >= 0.3 is 5.97 Å². The topological polar surface area (TPSA) is 161 Å². The largest absolute Gasteiger partial charge is 0.458 e. The summed E-state index contributed by atoms with van der Waals surface area (Å²) in [7, 11) is 6.46. The molecule has 2 aliphatic rings. The van der Waals surface area contributed by atoms with Crippen molar-refractivity contribution >= 4 is 18.2 Å². The zero-order valence-corrected chi connectivity index (χ0v) is 35.8. The number of hydrogen-bond donors (Lipinski definition) is 3. The van der Waals surface area contributed by atoms with E-state index in [0.29, 0.717) is 32.1 Å². The van der Waals surface area contributed by atoms with Gasteiger partial charge in [-0.1, -0.05) is 77.5 Å². The highest BCUT2D eigenvalue weighted by Crippen LogP contribution is 2.33. The Kier molecular flexibility index (Phi) is 22.0. The zero-order chi connectivity index (χ0) is 42.1. The second kappa shape index (κ2) is 24.9. The molecule has 12 nitrogen and oxygen atoms in total. The molecule has 320 valence electrons. The first-order valence-corrected chi connectivity index (χ1v) is 20.4. The van der Waals surface area contributed by atoms with Crippen molar-refractivity contribution in [2.45, 2.75) is 148 Å². The molecule has 0 radical (unpaired) electrons. The smallest absolute Gasteiger partial charge is 0.331 e. The van der Waals surface area contributed by atoms with Gasteiger partial charge in [-0.05, 0) is 32.1 Å². The third-order valence-corrected chi connectivity index (χ3v) is 12.0. The monoisotopic (exact) mass is 792 g/mol. The number of rotatable bonds is 15. The van der Waals surface area contributed by atoms with Gasteiger partial charge in [0.05, 0.1) is 48.8 Å². The van der Waals surface area contributed by atoms with Crippen LogP contribution in [-0.2, 0) is 38.1 Å². The SMILES string of the molecule is CO[C@H]([C@H](C)/C=C/N(C)C=O)[C@@H](C)C(=O)CC[C@H](C)[C@H](O)[C@H](C)[C@H]1OC(=O)/C=C/C(C)=C/C[C@H](O)C[C@@H]2C=CC[C@@H](C[C@H](OC)[C@@H](C)[C@@H](OC)C[C@@H](O)[C@@H]1C)O2. The van der Waals surface area contributed by atoms with E-state index < -0.39 is 60.3 Å². The van der Waals surface area contributed by atoms with E-state index >= 15 is 0 Å². The van der Waals surface area contributed by atoms with Crippen LogP contribution in [0.25, 0.3) is 0 Å². The Labute approximate surface area is 336 Å². The number of nitrogens with zero attached hydrogens (tertiary/aromatic N) is 1. The molecule has 2 heterocycles. The number of ether oxygens (including phenoxy) is 5. The van der Waals surface area contributed by atoms with E-state index in [1.54, 1.807) is 47.6 Å². The summed E-state index contributed by atoms with van der Waals surface area (Å²) in [5.41, 5.74) is 0.771. The van der Waals surface area contributed by atoms with Crippen molar-refractivity contribution in [2.75, 3.05) is 28.4 Å². The zero-order valence-electron chi connectivity index (χ0n) is 35.8. The Bertz CT molecular complexity index is 1320. The predicted octanol–water partition coefficient (Wildman–Crippen LogP) is 5.58. The predicted molar refractivity (Wildman–Crippen MR) is 216 cm³/mol. The second-order valence-electron chi connectivity index (χ2n) is 16.4. The van der Waals surface area contributed by atoms with Crippen molar-refractivity contribution in [2.24, 2.45) is 35.5 Å². The maximum absolute atomic E-state index is 13.4. The number of aliphatic hydroxyl groups is 3. The number of carbonyl (C=O) groups is 3. The van der Waals surface area contributed by atoms with Gasteiger partial charge in [-0.25, -0.2) is 4.79 Å². The molecule has 0 aromatic rings. The van der Waals surface area contributed by atoms with E-state index in [1.165, 1.54) is 11.0 Å². The summed E-state index contributed by atoms with van der Waals surface area (Å²) >= 11 is 0. The Morgan fingerprint density at radius 2 is 1.66 bits per heavy atom. The Hall–Kier alpha value is -2.71. The van der Waals surface area contributed by atoms with Crippen LogP contribution in [0.3, 0.4) is 0 Å². The van der Waals surface area contributed by atoms with Crippen LogP contribution in [0.4, 0.5) is 0 Å². The lowest BCUT2D eigenvalue weighted by Crippen LogP contribution is -2.46. The van der Waals surface area contributed by atoms with E-state index in [0.717, 1.165) is 12.0 Å². The number of aliphatic hydroxyl groups excluding tert-OH is 3. The molecule has 0 spiro atoms. The molecule has 2 aliphatic heterocycles. The van der Waals surface area contributed by atoms with Crippen molar-refractivity contribution in [3.8, 4) is 0 Å². The molecule has 0 aliphatic carbocycles. The molecule has 0 unspecified atom stereocenters. The summed E-state index contributed by atoms with van der Waals surface area (Å²) in [6, 6.07) is 0. The summed E-state index contributed by atoms with van der Waals surface area (Å²) in [5.74, 6) is -2.88. The van der Waals surface area contributed by atoms with Crippen LogP contribution in [0.5, 0.6) is 0 Å². The first-order valence-electron chi connectivity index (χ1n) is 20.4. The van der Waals surface area contributed by atoms with E-state index in [2.05, 4.69) is 6.08 Å². The van der Waals surface area contributed by atoms with Gasteiger partial charge in [0, 0.05) is 95.9 Å². The number of esters is 1. The van der Waals surface area contributed by atoms with E-state index in [-0.39, 0.29) is 54.7 Å². The maximum Gasteiger partial charge on any atom is 0.331 e. The summed E-state index contributed by atoms with van der Waals surface area (Å²) in [6.07, 6.45) is 11.2. The lowest BCUT2D eigenvalue weighted by atomic mass is 9.78. The number of carbonyl (C=O) groups excluding carboxylic acids is 3. The van der Waals surface area contributed by atoms with Gasteiger partial charge in [0.2, 0.25) is 6.41 Å². The second-order valence-corrected chi connectivity index (χ2v) is 16.4. The fourth-order valence-corrected chi connectivity index (χ4v) is 8.01. The Balaban J connectivity index is 2.31. The highest BCUT2D eigenvalue weighted by molar-refractivity contribution is 5.82. The average molecular weight is 792 g/mol. The number of hydrogen-bond acceptors (Lipinski definition) is 11. The minimum absolute atomic E-state index is 0.00759. The van der Waals surface area contributed by atoms with Gasteiger partial charge in [0.1, 0.15) is 11.9 Å². The van der Waals surface area contributed by atoms with Crippen molar-refractivity contribution < 1.29 is 53.4 Å². The molecular weight excluding hydrogens is 718 g/mol. The van der Waals surface area contributed by atoms with Gasteiger partial charge in [-0.2, -0.15) is 0 Å². The number of Topliss-reactive ketones (excluding diaryl/α,β-unsaturated/α-hetero) is 1. The molecule has 56 heavy (non-hydrogen) atoms. The highest BCUT2D eigenvalue weighted by Gasteiger charge is 2.40. The van der Waals surface area contributed by atoms with Gasteiger partial charge < -0.3 is 43.9 Å². The summed E-state index contributed by atoms with van der Waals surface area (Å²) in [4.78, 5) is 39.1. The molecule has 2 bridgehead atoms. The molecular formula is C44H73NO11. The van der Waals surface area contributed by atoms with Gasteiger partial charge in [0.15, 0.2) is 0 Å². The van der Waals surface area contributed by atoms with Crippen LogP contribution in [0.2, 0.25) is 0 Å². The summed E-state index contributed by atoms with van der Waals surface area (Å²) < 4.78 is 30.0. The van der Waals surface area contributed by atoms with E-state index in [9.17, 15) is 29.7 Å². The normalized spacial score (nSPS) is 33.5. The summed E-state index contributed by atoms with van der Waals surface area (Å²) in [6.45, 7) is 13.1. The first kappa shape index (κ1) is 49.4. The van der Waals surface area contributed by atoms with Crippen LogP contribution < -0.4 is 0 Å². The van der Waals surface area contributed by atoms with Crippen LogP contribution in [0.1, 0.15) is 93.4 Å². The number of cyclic esters (lactones) is 1. The first-order chi connectivity index (χ1) is 26.5. The lowest BCUT2D eigenvalue weighted by Gasteiger charge is -2.38. The van der Waals surface area contributed by atoms with Crippen LogP contribution >= 0.6 is 0 Å². The fraction of sp³-hybridized carbons (Fsp3) is 0.750. The molecule has 0 fully saturated rings. The van der Waals surface area contributed by atoms with Crippen molar-refractivity contribution in [3.63, 3.8) is 0 Å². The molecule has 12 heteroatoms. The summed E-state index contributed by atoms with van der Waals surface area (Å²) in [5, 5.41) is 34.2. The number of fused-ring (bicyclic) bond motifs is 2. The highest BCUT2D eigenvalue weighted by atomic mass is 16.5. The molecule has 1 amide bonds. The average Bonchev–Trinajstić information content (AvgIpc) is 3.18. The standard InChI is InChI=1S/C44H73NO11/c1-27-15-18-34(47)23-35-13-12-14-36(55-35)24-39(52-9)32(6)40(53-10)25-38(49)31(5)44(56-41(50)20-16-27)33(7)42(51)28(2)17-19-37(48)30(4)43(54-11)29(3)21-22-45(8)26-46/h12-13,15-16,20-22,26,28-36,38-40,42-44,47,49,51H,14,17-19,23-25H2,1-11H3/b20-16+,22-21+,27-15+/t28-,29+,30-,31-,32+,33-,34-,35-,36-,38+,39-,40-,42-,43+,44-/m0/s1. The van der Waals surface area contributed by atoms with Crippen molar-refractivity contribution in [1.29, 1.82) is 0 Å². The molecule has 3 N–H and O–H groups in total. The minimum atomic E-state index is -0.967. The Morgan fingerprint density at radius 1 is 1.00 bits per heavy atom. The number of ketones is 1. The molecule has 15 atom stereocenters. The molecule has 0 saturated carbocycles. The minimum Gasteiger partial charge on any atom is -0.458 e. The number of amides is 1. The quantitative estimate of drug-likeness (QED) is 0.108. The van der Waals surface area contributed by atoms with E-state index in [1.807, 2.05) is 59.8 Å². The van der Waals surface area contributed by atoms with Crippen molar-refractivity contribution in [1.82, 2.24) is 4.90 Å². The van der Waals surface area contributed by atoms with Gasteiger partial charge in [0.25, 0.3) is 0 Å². The van der Waals surface area contributed by atoms with Gasteiger partial charge in [-0.15, -0.1) is 0 Å². The molecule has 0 aromatic heterocycles. The third-order valence-electron chi connectivity index (χ3n) is 12.0.